The maximum Gasteiger partial charge on any atom is 0.494 e. The number of hydrogen-bond donors (Lipinski definition) is 0. The monoisotopic (exact) mass is 753 g/mol. The van der Waals surface area contributed by atoms with Gasteiger partial charge in [0.1, 0.15) is 0 Å². The summed E-state index contributed by atoms with van der Waals surface area (Å²) in [6.45, 7) is 13.3. The van der Waals surface area contributed by atoms with Crippen molar-refractivity contribution in [1.29, 1.82) is 0 Å². The summed E-state index contributed by atoms with van der Waals surface area (Å²) < 4.78 is 13.3. The molecule has 4 aromatic rings. The van der Waals surface area contributed by atoms with Gasteiger partial charge in [0.15, 0.2) is 0 Å². The third-order valence-electron chi connectivity index (χ3n) is 13.6. The zero-order chi connectivity index (χ0) is 39.4. The molecular formula is C53H73BO2. The standard InChI is InChI=1S/C53H73BO2/c1-7-9-11-13-17-24-37-53(38-25-18-14-12-10-8-2)49-40-45(44-32-26-31-43(39-44)30-21-16-15-20-27-42-28-22-19-23-29-42)33-35-47(49)48-36-34-46(41-50(48)53)54-55-51(3,4)52(5,6)56-54/h19,22-23,26,28-29,31-36,39-41H,7-18,20-21,24-25,27,30,37-38H2,1-6H3. The van der Waals surface area contributed by atoms with E-state index in [9.17, 15) is 0 Å². The fourth-order valence-electron chi connectivity index (χ4n) is 9.46. The maximum atomic E-state index is 6.66. The fraction of sp³-hybridized carbons (Fsp3) is 0.547. The first-order chi connectivity index (χ1) is 27.2. The molecule has 0 saturated carbocycles. The molecule has 1 saturated heterocycles. The largest absolute Gasteiger partial charge is 0.494 e. The molecule has 6 rings (SSSR count). The van der Waals surface area contributed by atoms with Gasteiger partial charge in [0, 0.05) is 5.41 Å². The van der Waals surface area contributed by atoms with Gasteiger partial charge in [0.25, 0.3) is 0 Å². The quantitative estimate of drug-likeness (QED) is 0.0555. The van der Waals surface area contributed by atoms with E-state index in [-0.39, 0.29) is 23.7 Å². The van der Waals surface area contributed by atoms with Gasteiger partial charge in [-0.15, -0.1) is 0 Å². The van der Waals surface area contributed by atoms with Crippen LogP contribution in [0.2, 0.25) is 0 Å². The fourth-order valence-corrected chi connectivity index (χ4v) is 9.46. The lowest BCUT2D eigenvalue weighted by atomic mass is 9.68. The van der Waals surface area contributed by atoms with Crippen molar-refractivity contribution in [3.8, 4) is 22.3 Å². The second kappa shape index (κ2) is 20.0. The van der Waals surface area contributed by atoms with Crippen LogP contribution in [0.25, 0.3) is 22.3 Å². The smallest absolute Gasteiger partial charge is 0.399 e. The molecule has 56 heavy (non-hydrogen) atoms. The highest BCUT2D eigenvalue weighted by atomic mass is 16.7. The van der Waals surface area contributed by atoms with E-state index in [4.69, 9.17) is 9.31 Å². The molecule has 0 aromatic heterocycles. The molecule has 2 nitrogen and oxygen atoms in total. The van der Waals surface area contributed by atoms with E-state index in [1.54, 1.807) is 5.56 Å². The molecule has 0 unspecified atom stereocenters. The number of rotatable bonds is 23. The molecule has 0 bridgehead atoms. The van der Waals surface area contributed by atoms with Crippen LogP contribution in [0.15, 0.2) is 91.0 Å². The van der Waals surface area contributed by atoms with E-state index in [0.29, 0.717) is 0 Å². The first-order valence-electron chi connectivity index (χ1n) is 23.0. The molecule has 0 amide bonds. The number of fused-ring (bicyclic) bond motifs is 3. The molecule has 0 N–H and O–H groups in total. The van der Waals surface area contributed by atoms with Crippen LogP contribution in [0.4, 0.5) is 0 Å². The Kier molecular flexibility index (Phi) is 15.2. The summed E-state index contributed by atoms with van der Waals surface area (Å²) in [6, 6.07) is 35.1. The minimum absolute atomic E-state index is 0.00675. The van der Waals surface area contributed by atoms with Crippen molar-refractivity contribution in [1.82, 2.24) is 0 Å². The summed E-state index contributed by atoms with van der Waals surface area (Å²) in [5, 5.41) is 0. The van der Waals surface area contributed by atoms with Crippen LogP contribution in [0.3, 0.4) is 0 Å². The summed E-state index contributed by atoms with van der Waals surface area (Å²) in [5.41, 5.74) is 12.0. The van der Waals surface area contributed by atoms with Crippen LogP contribution >= 0.6 is 0 Å². The molecule has 3 heteroatoms. The summed E-state index contributed by atoms with van der Waals surface area (Å²) >= 11 is 0. The summed E-state index contributed by atoms with van der Waals surface area (Å²) in [7, 11) is -0.350. The Morgan fingerprint density at radius 1 is 0.446 bits per heavy atom. The number of benzene rings is 4. The average molecular weight is 753 g/mol. The number of hydrogen-bond acceptors (Lipinski definition) is 2. The zero-order valence-electron chi connectivity index (χ0n) is 36.2. The lowest BCUT2D eigenvalue weighted by Crippen LogP contribution is -2.41. The maximum absolute atomic E-state index is 6.66. The van der Waals surface area contributed by atoms with Crippen molar-refractivity contribution < 1.29 is 9.31 Å². The summed E-state index contributed by atoms with van der Waals surface area (Å²) in [5.74, 6) is 0. The van der Waals surface area contributed by atoms with Crippen LogP contribution in [0.1, 0.15) is 179 Å². The van der Waals surface area contributed by atoms with Crippen molar-refractivity contribution in [3.63, 3.8) is 0 Å². The first-order valence-corrected chi connectivity index (χ1v) is 23.0. The van der Waals surface area contributed by atoms with Gasteiger partial charge in [-0.05, 0) is 122 Å². The minimum atomic E-state index is -0.362. The van der Waals surface area contributed by atoms with Crippen molar-refractivity contribution in [2.45, 2.75) is 187 Å². The van der Waals surface area contributed by atoms with Crippen LogP contribution < -0.4 is 5.46 Å². The zero-order valence-corrected chi connectivity index (χ0v) is 36.2. The van der Waals surface area contributed by atoms with Gasteiger partial charge in [-0.25, -0.2) is 0 Å². The highest BCUT2D eigenvalue weighted by Crippen LogP contribution is 2.55. The molecule has 1 aliphatic heterocycles. The Hall–Kier alpha value is -3.14. The van der Waals surface area contributed by atoms with Crippen molar-refractivity contribution in [2.24, 2.45) is 0 Å². The lowest BCUT2D eigenvalue weighted by molar-refractivity contribution is 0.00578. The van der Waals surface area contributed by atoms with Gasteiger partial charge in [0.2, 0.25) is 0 Å². The van der Waals surface area contributed by atoms with Crippen LogP contribution in [0, 0.1) is 0 Å². The predicted octanol–water partition coefficient (Wildman–Crippen LogP) is 14.8. The van der Waals surface area contributed by atoms with E-state index in [2.05, 4.69) is 133 Å². The molecule has 0 radical (unpaired) electrons. The lowest BCUT2D eigenvalue weighted by Gasteiger charge is -2.33. The molecular weight excluding hydrogens is 679 g/mol. The summed E-state index contributed by atoms with van der Waals surface area (Å²) in [6.07, 6.45) is 25.7. The van der Waals surface area contributed by atoms with Gasteiger partial charge in [-0.1, -0.05) is 189 Å². The second-order valence-corrected chi connectivity index (χ2v) is 18.4. The highest BCUT2D eigenvalue weighted by molar-refractivity contribution is 6.62. The molecule has 1 aliphatic carbocycles. The van der Waals surface area contributed by atoms with Gasteiger partial charge in [0.05, 0.1) is 11.2 Å². The van der Waals surface area contributed by atoms with E-state index in [0.717, 1.165) is 6.42 Å². The average Bonchev–Trinajstić information content (AvgIpc) is 3.60. The van der Waals surface area contributed by atoms with Gasteiger partial charge in [-0.2, -0.15) is 0 Å². The third kappa shape index (κ3) is 10.3. The summed E-state index contributed by atoms with van der Waals surface area (Å²) in [4.78, 5) is 0. The van der Waals surface area contributed by atoms with Gasteiger partial charge < -0.3 is 9.31 Å². The molecule has 0 atom stereocenters. The van der Waals surface area contributed by atoms with Gasteiger partial charge >= 0.3 is 7.12 Å². The molecule has 0 spiro atoms. The van der Waals surface area contributed by atoms with Crippen molar-refractivity contribution in [2.75, 3.05) is 0 Å². The van der Waals surface area contributed by atoms with Crippen LogP contribution in [-0.4, -0.2) is 18.3 Å². The van der Waals surface area contributed by atoms with Crippen LogP contribution in [-0.2, 0) is 27.6 Å². The minimum Gasteiger partial charge on any atom is -0.399 e. The van der Waals surface area contributed by atoms with Crippen LogP contribution in [0.5, 0.6) is 0 Å². The molecule has 1 heterocycles. The Bertz CT molecular complexity index is 1770. The number of aryl methyl sites for hydroxylation is 2. The van der Waals surface area contributed by atoms with E-state index >= 15 is 0 Å². The predicted molar refractivity (Wildman–Crippen MR) is 242 cm³/mol. The Balaban J connectivity index is 1.27. The first kappa shape index (κ1) is 42.5. The molecule has 1 fully saturated rings. The Morgan fingerprint density at radius 3 is 1.57 bits per heavy atom. The molecule has 2 aliphatic rings. The van der Waals surface area contributed by atoms with E-state index in [1.165, 1.54) is 166 Å². The SMILES string of the molecule is CCCCCCCCC1(CCCCCCCC)c2cc(B3OC(C)(C)C(C)(C)O3)ccc2-c2ccc(-c3cccc(CCCCCCc4ccccc4)c3)cc21. The number of unbranched alkanes of at least 4 members (excludes halogenated alkanes) is 13. The topological polar surface area (TPSA) is 18.5 Å². The van der Waals surface area contributed by atoms with Crippen molar-refractivity contribution >= 4 is 12.6 Å². The Morgan fingerprint density at radius 2 is 0.946 bits per heavy atom. The van der Waals surface area contributed by atoms with E-state index in [1.807, 2.05) is 0 Å². The molecule has 4 aromatic carbocycles. The second-order valence-electron chi connectivity index (χ2n) is 18.4. The molecule has 300 valence electrons. The Labute approximate surface area is 342 Å². The van der Waals surface area contributed by atoms with E-state index < -0.39 is 0 Å². The van der Waals surface area contributed by atoms with Crippen molar-refractivity contribution in [3.05, 3.63) is 113 Å². The third-order valence-corrected chi connectivity index (χ3v) is 13.6. The normalized spacial score (nSPS) is 16.3. The van der Waals surface area contributed by atoms with Gasteiger partial charge in [-0.3, -0.25) is 0 Å². The highest BCUT2D eigenvalue weighted by Gasteiger charge is 2.52.